The zero-order valence-electron chi connectivity index (χ0n) is 9.92. The Balaban J connectivity index is 2.21. The van der Waals surface area contributed by atoms with Crippen molar-refractivity contribution < 1.29 is 4.74 Å². The van der Waals surface area contributed by atoms with Gasteiger partial charge in [0.1, 0.15) is 21.2 Å². The van der Waals surface area contributed by atoms with Gasteiger partial charge in [-0.3, -0.25) is 14.5 Å². The largest absolute Gasteiger partial charge is 0.497 e. The maximum atomic E-state index is 12.4. The number of fused-ring (bicyclic) bond motifs is 1. The molecule has 7 heteroatoms. The van der Waals surface area contributed by atoms with Crippen LogP contribution >= 0.6 is 22.6 Å². The van der Waals surface area contributed by atoms with E-state index in [1.54, 1.807) is 31.4 Å². The molecule has 6 nitrogen and oxygen atoms in total. The molecule has 0 aliphatic carbocycles. The molecule has 3 aromatic rings. The van der Waals surface area contributed by atoms with E-state index in [0.29, 0.717) is 14.7 Å². The topological polar surface area (TPSA) is 72.8 Å². The molecule has 0 saturated heterocycles. The van der Waals surface area contributed by atoms with Crippen molar-refractivity contribution in [1.29, 1.82) is 0 Å². The number of aromatic amines is 1. The number of benzene rings is 1. The molecule has 0 saturated carbocycles. The molecule has 0 spiro atoms. The van der Waals surface area contributed by atoms with Crippen molar-refractivity contribution in [3.05, 3.63) is 44.6 Å². The van der Waals surface area contributed by atoms with Gasteiger partial charge in [0.15, 0.2) is 5.65 Å². The second-order valence-corrected chi connectivity index (χ2v) is 4.93. The smallest absolute Gasteiger partial charge is 0.270 e. The van der Waals surface area contributed by atoms with E-state index >= 15 is 0 Å². The summed E-state index contributed by atoms with van der Waals surface area (Å²) in [6, 6.07) is 7.21. The summed E-state index contributed by atoms with van der Waals surface area (Å²) in [5.41, 5.74) is 1.02. The number of halogens is 1. The van der Waals surface area contributed by atoms with Gasteiger partial charge in [0, 0.05) is 0 Å². The van der Waals surface area contributed by atoms with Crippen LogP contribution in [0.3, 0.4) is 0 Å². The highest BCUT2D eigenvalue weighted by atomic mass is 127. The maximum absolute atomic E-state index is 12.4. The number of nitrogens with zero attached hydrogens (tertiary/aromatic N) is 3. The van der Waals surface area contributed by atoms with Gasteiger partial charge in [0.05, 0.1) is 12.8 Å². The van der Waals surface area contributed by atoms with E-state index in [2.05, 4.69) is 15.2 Å². The molecule has 2 heterocycles. The average Bonchev–Trinajstić information content (AvgIpc) is 2.82. The van der Waals surface area contributed by atoms with Crippen molar-refractivity contribution >= 4 is 33.6 Å². The molecular formula is C12H9IN4O2. The Morgan fingerprint density at radius 3 is 2.74 bits per heavy atom. The van der Waals surface area contributed by atoms with Gasteiger partial charge in [0.25, 0.3) is 5.56 Å². The molecule has 0 fully saturated rings. The third-order valence-corrected chi connectivity index (χ3v) is 3.56. The zero-order valence-corrected chi connectivity index (χ0v) is 12.1. The molecule has 0 radical (unpaired) electrons. The van der Waals surface area contributed by atoms with E-state index in [9.17, 15) is 4.79 Å². The highest BCUT2D eigenvalue weighted by Gasteiger charge is 2.11. The minimum absolute atomic E-state index is 0.145. The number of H-pyrrole nitrogens is 1. The Morgan fingerprint density at radius 2 is 2.05 bits per heavy atom. The number of nitrogens with one attached hydrogen (secondary N) is 1. The second-order valence-electron chi connectivity index (χ2n) is 3.85. The summed E-state index contributed by atoms with van der Waals surface area (Å²) < 4.78 is 7.27. The van der Waals surface area contributed by atoms with Gasteiger partial charge in [-0.15, -0.1) is 0 Å². The van der Waals surface area contributed by atoms with Crippen LogP contribution in [0.5, 0.6) is 5.75 Å². The van der Waals surface area contributed by atoms with Gasteiger partial charge in [-0.1, -0.05) is 0 Å². The van der Waals surface area contributed by atoms with Crippen LogP contribution < -0.4 is 10.3 Å². The summed E-state index contributed by atoms with van der Waals surface area (Å²) in [5.74, 6) is 0.740. The number of rotatable bonds is 2. The minimum Gasteiger partial charge on any atom is -0.497 e. The number of methoxy groups -OCH3 is 1. The third kappa shape index (κ3) is 1.99. The van der Waals surface area contributed by atoms with E-state index in [1.807, 2.05) is 22.6 Å². The number of ether oxygens (including phenoxy) is 1. The van der Waals surface area contributed by atoms with Gasteiger partial charge in [-0.2, -0.15) is 5.10 Å². The zero-order chi connectivity index (χ0) is 13.4. The monoisotopic (exact) mass is 368 g/mol. The van der Waals surface area contributed by atoms with Gasteiger partial charge in [-0.25, -0.2) is 4.98 Å². The van der Waals surface area contributed by atoms with E-state index in [0.717, 1.165) is 11.4 Å². The van der Waals surface area contributed by atoms with Crippen molar-refractivity contribution in [2.24, 2.45) is 0 Å². The van der Waals surface area contributed by atoms with Crippen LogP contribution in [0.15, 0.2) is 35.4 Å². The average molecular weight is 368 g/mol. The SMILES string of the molecule is COc1ccc(-n2cnc3n[nH]c(I)c3c2=O)cc1. The Bertz CT molecular complexity index is 792. The predicted octanol–water partition coefficient (Wildman–Crippen LogP) is 1.72. The number of hydrogen-bond donors (Lipinski definition) is 1. The summed E-state index contributed by atoms with van der Waals surface area (Å²) in [6.45, 7) is 0. The van der Waals surface area contributed by atoms with Crippen molar-refractivity contribution in [3.8, 4) is 11.4 Å². The summed E-state index contributed by atoms with van der Waals surface area (Å²) in [4.78, 5) is 16.6. The molecule has 19 heavy (non-hydrogen) atoms. The van der Waals surface area contributed by atoms with E-state index in [1.165, 1.54) is 10.9 Å². The van der Waals surface area contributed by atoms with Gasteiger partial charge >= 0.3 is 0 Å². The summed E-state index contributed by atoms with van der Waals surface area (Å²) in [6.07, 6.45) is 1.48. The van der Waals surface area contributed by atoms with E-state index in [4.69, 9.17) is 4.74 Å². The molecule has 0 aliphatic heterocycles. The Hall–Kier alpha value is -1.90. The van der Waals surface area contributed by atoms with Crippen LogP contribution in [0.4, 0.5) is 0 Å². The lowest BCUT2D eigenvalue weighted by Gasteiger charge is -2.06. The third-order valence-electron chi connectivity index (χ3n) is 2.78. The summed E-state index contributed by atoms with van der Waals surface area (Å²) in [7, 11) is 1.60. The lowest BCUT2D eigenvalue weighted by atomic mass is 10.3. The standard InChI is InChI=1S/C12H9IN4O2/c1-19-8-4-2-7(3-5-8)17-6-14-11-9(12(17)18)10(13)15-16-11/h2-6H,1H3,(H,15,16). The van der Waals surface area contributed by atoms with Crippen molar-refractivity contribution in [3.63, 3.8) is 0 Å². The highest BCUT2D eigenvalue weighted by molar-refractivity contribution is 14.1. The summed E-state index contributed by atoms with van der Waals surface area (Å²) in [5, 5.41) is 7.22. The Kier molecular flexibility index (Phi) is 2.97. The Labute approximate surface area is 121 Å². The normalized spacial score (nSPS) is 10.8. The van der Waals surface area contributed by atoms with Gasteiger partial charge in [0.2, 0.25) is 0 Å². The second kappa shape index (κ2) is 4.65. The molecule has 0 aliphatic rings. The van der Waals surface area contributed by atoms with Gasteiger partial charge < -0.3 is 4.74 Å². The lowest BCUT2D eigenvalue weighted by molar-refractivity contribution is 0.414. The molecule has 2 aromatic heterocycles. The number of hydrogen-bond acceptors (Lipinski definition) is 4. The first-order valence-corrected chi connectivity index (χ1v) is 6.54. The molecule has 1 N–H and O–H groups in total. The fourth-order valence-electron chi connectivity index (χ4n) is 1.81. The summed E-state index contributed by atoms with van der Waals surface area (Å²) >= 11 is 2.03. The molecule has 96 valence electrons. The molecule has 1 aromatic carbocycles. The first-order valence-electron chi connectivity index (χ1n) is 5.46. The molecule has 0 amide bonds. The van der Waals surface area contributed by atoms with Gasteiger partial charge in [-0.05, 0) is 46.9 Å². The first-order chi connectivity index (χ1) is 9.20. The highest BCUT2D eigenvalue weighted by Crippen LogP contribution is 2.15. The Morgan fingerprint density at radius 1 is 1.32 bits per heavy atom. The fourth-order valence-corrected chi connectivity index (χ4v) is 2.40. The van der Waals surface area contributed by atoms with Crippen LogP contribution in [0.1, 0.15) is 0 Å². The molecule has 0 atom stereocenters. The lowest BCUT2D eigenvalue weighted by Crippen LogP contribution is -2.18. The fraction of sp³-hybridized carbons (Fsp3) is 0.0833. The van der Waals surface area contributed by atoms with E-state index < -0.39 is 0 Å². The molecule has 0 unspecified atom stereocenters. The predicted molar refractivity (Wildman–Crippen MR) is 78.8 cm³/mol. The molecular weight excluding hydrogens is 359 g/mol. The van der Waals surface area contributed by atoms with Crippen LogP contribution in [0.2, 0.25) is 0 Å². The van der Waals surface area contributed by atoms with Crippen LogP contribution in [0.25, 0.3) is 16.7 Å². The van der Waals surface area contributed by atoms with Crippen LogP contribution in [0, 0.1) is 3.70 Å². The minimum atomic E-state index is -0.145. The molecule has 3 rings (SSSR count). The van der Waals surface area contributed by atoms with Crippen molar-refractivity contribution in [1.82, 2.24) is 19.7 Å². The van der Waals surface area contributed by atoms with Crippen LogP contribution in [-0.2, 0) is 0 Å². The van der Waals surface area contributed by atoms with Crippen LogP contribution in [-0.4, -0.2) is 26.9 Å². The van der Waals surface area contributed by atoms with E-state index in [-0.39, 0.29) is 5.56 Å². The van der Waals surface area contributed by atoms with Crippen molar-refractivity contribution in [2.75, 3.05) is 7.11 Å². The van der Waals surface area contributed by atoms with Crippen molar-refractivity contribution in [2.45, 2.75) is 0 Å². The quantitative estimate of drug-likeness (QED) is 0.700. The molecule has 0 bridgehead atoms. The number of aromatic nitrogens is 4. The first kappa shape index (κ1) is 12.2. The maximum Gasteiger partial charge on any atom is 0.270 e.